The third-order valence-electron chi connectivity index (χ3n) is 4.78. The summed E-state index contributed by atoms with van der Waals surface area (Å²) in [7, 11) is 0. The molecule has 0 saturated carbocycles. The van der Waals surface area contributed by atoms with Gasteiger partial charge in [-0.25, -0.2) is 0 Å². The van der Waals surface area contributed by atoms with Gasteiger partial charge in [0, 0.05) is 62.9 Å². The molecule has 0 amide bonds. The second-order valence-electron chi connectivity index (χ2n) is 6.56. The maximum atomic E-state index is 10.2. The number of anilines is 1. The summed E-state index contributed by atoms with van der Waals surface area (Å²) >= 11 is 6.01. The number of pyridine rings is 1. The predicted molar refractivity (Wildman–Crippen MR) is 104 cm³/mol. The molecule has 3 heterocycles. The number of phenolic OH excluding ortho intramolecular Hbond substituents is 2. The van der Waals surface area contributed by atoms with Crippen LogP contribution in [0, 0.1) is 0 Å². The molecule has 3 aromatic rings. The maximum Gasteiger partial charge on any atom is 0.137 e. The zero-order valence-electron chi connectivity index (χ0n) is 14.6. The second-order valence-corrected chi connectivity index (χ2v) is 6.97. The smallest absolute Gasteiger partial charge is 0.137 e. The van der Waals surface area contributed by atoms with Crippen LogP contribution in [0.4, 0.5) is 5.69 Å². The molecule has 0 atom stereocenters. The first-order chi connectivity index (χ1) is 13.1. The van der Waals surface area contributed by atoms with Gasteiger partial charge in [0.1, 0.15) is 17.2 Å². The van der Waals surface area contributed by atoms with Crippen molar-refractivity contribution < 1.29 is 10.2 Å². The van der Waals surface area contributed by atoms with E-state index >= 15 is 0 Å². The lowest BCUT2D eigenvalue weighted by atomic mass is 10.1. The summed E-state index contributed by atoms with van der Waals surface area (Å²) < 4.78 is 0. The first kappa shape index (κ1) is 17.6. The van der Waals surface area contributed by atoms with E-state index in [-0.39, 0.29) is 16.5 Å². The van der Waals surface area contributed by atoms with E-state index in [1.165, 1.54) is 17.7 Å². The highest BCUT2D eigenvalue weighted by Crippen LogP contribution is 2.40. The minimum atomic E-state index is -0.154. The van der Waals surface area contributed by atoms with Crippen molar-refractivity contribution in [2.75, 3.05) is 31.1 Å². The number of rotatable bonds is 4. The van der Waals surface area contributed by atoms with E-state index in [1.807, 2.05) is 18.5 Å². The van der Waals surface area contributed by atoms with Crippen LogP contribution in [0.3, 0.4) is 0 Å². The number of aromatic amines is 1. The molecule has 0 radical (unpaired) electrons. The minimum Gasteiger partial charge on any atom is -0.507 e. The Morgan fingerprint density at radius 3 is 2.67 bits per heavy atom. The van der Waals surface area contributed by atoms with Gasteiger partial charge in [0.15, 0.2) is 0 Å². The molecular weight excluding hydrogens is 366 g/mol. The molecule has 0 unspecified atom stereocenters. The number of H-pyrrole nitrogens is 1. The summed E-state index contributed by atoms with van der Waals surface area (Å²) in [4.78, 5) is 8.80. The molecular formula is C19H20ClN5O2. The average molecular weight is 386 g/mol. The molecule has 140 valence electrons. The zero-order valence-corrected chi connectivity index (χ0v) is 15.4. The summed E-state index contributed by atoms with van der Waals surface area (Å²) in [6, 6.07) is 6.82. The van der Waals surface area contributed by atoms with Crippen molar-refractivity contribution >= 4 is 17.3 Å². The van der Waals surface area contributed by atoms with Gasteiger partial charge in [0.25, 0.3) is 0 Å². The van der Waals surface area contributed by atoms with Crippen LogP contribution in [0.1, 0.15) is 5.56 Å². The molecule has 0 spiro atoms. The van der Waals surface area contributed by atoms with Crippen molar-refractivity contribution in [3.63, 3.8) is 0 Å². The van der Waals surface area contributed by atoms with E-state index in [2.05, 4.69) is 31.0 Å². The molecule has 7 nitrogen and oxygen atoms in total. The van der Waals surface area contributed by atoms with Gasteiger partial charge in [-0.05, 0) is 17.7 Å². The van der Waals surface area contributed by atoms with Crippen molar-refractivity contribution in [3.8, 4) is 22.8 Å². The SMILES string of the molecule is Oc1cc(O)c(-c2n[nH]cc2N2CCN(Cc3cccnc3)CC2)cc1Cl. The Morgan fingerprint density at radius 1 is 1.11 bits per heavy atom. The van der Waals surface area contributed by atoms with Crippen molar-refractivity contribution in [1.29, 1.82) is 0 Å². The number of phenols is 2. The monoisotopic (exact) mass is 385 g/mol. The fourth-order valence-corrected chi connectivity index (χ4v) is 3.52. The van der Waals surface area contributed by atoms with E-state index in [0.717, 1.165) is 38.4 Å². The lowest BCUT2D eigenvalue weighted by Gasteiger charge is -2.35. The summed E-state index contributed by atoms with van der Waals surface area (Å²) in [5.41, 5.74) is 3.23. The van der Waals surface area contributed by atoms with Crippen LogP contribution in [0.15, 0.2) is 42.9 Å². The van der Waals surface area contributed by atoms with E-state index in [1.54, 1.807) is 6.20 Å². The van der Waals surface area contributed by atoms with Gasteiger partial charge < -0.3 is 15.1 Å². The first-order valence-electron chi connectivity index (χ1n) is 8.73. The number of aromatic nitrogens is 3. The van der Waals surface area contributed by atoms with Gasteiger partial charge in [-0.15, -0.1) is 0 Å². The molecule has 27 heavy (non-hydrogen) atoms. The molecule has 4 rings (SSSR count). The third kappa shape index (κ3) is 3.70. The van der Waals surface area contributed by atoms with Crippen LogP contribution >= 0.6 is 11.6 Å². The number of aromatic hydroxyl groups is 2. The van der Waals surface area contributed by atoms with E-state index < -0.39 is 0 Å². The van der Waals surface area contributed by atoms with Crippen LogP contribution < -0.4 is 4.90 Å². The standard InChI is InChI=1S/C19H20ClN5O2/c20-15-8-14(17(26)9-18(15)27)19-16(11-22-23-19)25-6-4-24(5-7-25)12-13-2-1-3-21-10-13/h1-3,8-11,26-27H,4-7,12H2,(H,22,23). The fourth-order valence-electron chi connectivity index (χ4n) is 3.36. The summed E-state index contributed by atoms with van der Waals surface area (Å²) in [6.07, 6.45) is 5.51. The van der Waals surface area contributed by atoms with Gasteiger partial charge in [0.2, 0.25) is 0 Å². The number of benzene rings is 1. The van der Waals surface area contributed by atoms with Crippen molar-refractivity contribution in [2.24, 2.45) is 0 Å². The molecule has 1 aliphatic rings. The third-order valence-corrected chi connectivity index (χ3v) is 5.09. The Morgan fingerprint density at radius 2 is 1.93 bits per heavy atom. The molecule has 1 fully saturated rings. The van der Waals surface area contributed by atoms with Gasteiger partial charge in [0.05, 0.1) is 10.7 Å². The number of nitrogens with zero attached hydrogens (tertiary/aromatic N) is 4. The van der Waals surface area contributed by atoms with Crippen LogP contribution in [-0.2, 0) is 6.54 Å². The largest absolute Gasteiger partial charge is 0.507 e. The zero-order chi connectivity index (χ0) is 18.8. The average Bonchev–Trinajstić information content (AvgIpc) is 3.16. The topological polar surface area (TPSA) is 88.5 Å². The fraction of sp³-hybridized carbons (Fsp3) is 0.263. The van der Waals surface area contributed by atoms with Crippen LogP contribution in [0.2, 0.25) is 5.02 Å². The Kier molecular flexibility index (Phi) is 4.87. The number of halogens is 1. The lowest BCUT2D eigenvalue weighted by Crippen LogP contribution is -2.46. The van der Waals surface area contributed by atoms with Gasteiger partial charge >= 0.3 is 0 Å². The molecule has 1 saturated heterocycles. The minimum absolute atomic E-state index is 0.0551. The Hall–Kier alpha value is -2.77. The number of hydrogen-bond donors (Lipinski definition) is 3. The number of piperazine rings is 1. The summed E-state index contributed by atoms with van der Waals surface area (Å²) in [5.74, 6) is -0.209. The number of hydrogen-bond acceptors (Lipinski definition) is 6. The molecule has 3 N–H and O–H groups in total. The lowest BCUT2D eigenvalue weighted by molar-refractivity contribution is 0.249. The van der Waals surface area contributed by atoms with Crippen LogP contribution in [-0.4, -0.2) is 56.5 Å². The van der Waals surface area contributed by atoms with Crippen molar-refractivity contribution in [2.45, 2.75) is 6.54 Å². The quantitative estimate of drug-likeness (QED) is 0.640. The van der Waals surface area contributed by atoms with Crippen LogP contribution in [0.5, 0.6) is 11.5 Å². The molecule has 1 aliphatic heterocycles. The second kappa shape index (κ2) is 7.46. The van der Waals surface area contributed by atoms with Gasteiger partial charge in [-0.2, -0.15) is 5.10 Å². The Bertz CT molecular complexity index is 923. The van der Waals surface area contributed by atoms with E-state index in [0.29, 0.717) is 11.3 Å². The summed E-state index contributed by atoms with van der Waals surface area (Å²) in [6.45, 7) is 4.41. The van der Waals surface area contributed by atoms with Gasteiger partial charge in [-0.1, -0.05) is 17.7 Å². The van der Waals surface area contributed by atoms with E-state index in [9.17, 15) is 10.2 Å². The molecule has 1 aromatic carbocycles. The Balaban J connectivity index is 1.49. The van der Waals surface area contributed by atoms with Crippen molar-refractivity contribution in [1.82, 2.24) is 20.1 Å². The molecule has 8 heteroatoms. The first-order valence-corrected chi connectivity index (χ1v) is 9.11. The highest BCUT2D eigenvalue weighted by atomic mass is 35.5. The molecule has 2 aromatic heterocycles. The maximum absolute atomic E-state index is 10.2. The van der Waals surface area contributed by atoms with Crippen LogP contribution in [0.25, 0.3) is 11.3 Å². The molecule has 0 aliphatic carbocycles. The Labute approximate surface area is 161 Å². The highest BCUT2D eigenvalue weighted by molar-refractivity contribution is 6.32. The summed E-state index contributed by atoms with van der Waals surface area (Å²) in [5, 5.41) is 27.2. The van der Waals surface area contributed by atoms with Crippen molar-refractivity contribution in [3.05, 3.63) is 53.4 Å². The number of nitrogens with one attached hydrogen (secondary N) is 1. The predicted octanol–water partition coefficient (Wildman–Crippen LogP) is 2.86. The van der Waals surface area contributed by atoms with Gasteiger partial charge in [-0.3, -0.25) is 15.0 Å². The van der Waals surface area contributed by atoms with E-state index in [4.69, 9.17) is 11.6 Å². The normalized spacial score (nSPS) is 15.2. The highest BCUT2D eigenvalue weighted by Gasteiger charge is 2.23. The molecule has 0 bridgehead atoms.